The van der Waals surface area contributed by atoms with Crippen LogP contribution in [0.1, 0.15) is 48.0 Å². The first-order chi connectivity index (χ1) is 19.6. The lowest BCUT2D eigenvalue weighted by Crippen LogP contribution is -2.49. The predicted octanol–water partition coefficient (Wildman–Crippen LogP) is 4.68. The minimum absolute atomic E-state index is 0.00933. The van der Waals surface area contributed by atoms with Crippen molar-refractivity contribution >= 4 is 11.7 Å². The quantitative estimate of drug-likeness (QED) is 0.363. The number of anilines is 1. The van der Waals surface area contributed by atoms with Crippen molar-refractivity contribution in [1.29, 1.82) is 0 Å². The van der Waals surface area contributed by atoms with Crippen LogP contribution >= 0.6 is 0 Å². The minimum atomic E-state index is -0.515. The third-order valence-corrected chi connectivity index (χ3v) is 7.57. The Hall–Kier alpha value is -3.27. The molecule has 2 aliphatic heterocycles. The van der Waals surface area contributed by atoms with Gasteiger partial charge < -0.3 is 25.2 Å². The third-order valence-electron chi connectivity index (χ3n) is 7.57. The van der Waals surface area contributed by atoms with Gasteiger partial charge in [-0.05, 0) is 35.7 Å². The number of amides is 2. The molecule has 3 aromatic rings. The maximum atomic E-state index is 11.9. The third kappa shape index (κ3) is 7.68. The molecule has 0 aliphatic carbocycles. The highest BCUT2D eigenvalue weighted by Crippen LogP contribution is 2.38. The zero-order valence-corrected chi connectivity index (χ0v) is 23.2. The van der Waals surface area contributed by atoms with Crippen molar-refractivity contribution in [3.05, 3.63) is 101 Å². The molecule has 2 heterocycles. The topological polar surface area (TPSA) is 86.3 Å². The monoisotopic (exact) mass is 544 g/mol. The predicted molar refractivity (Wildman–Crippen MR) is 156 cm³/mol. The molecule has 40 heavy (non-hydrogen) atoms. The standard InChI is InChI=1S/C32H40N4O4/c1-2-33-32(38)34-28-14-12-27(13-15-28)31-39-29(20-30(40-31)26-10-8-25(23-37)9-11-26)22-36-18-16-35(17-19-36)21-24-6-4-3-5-7-24/h3-15,29-31,37H,2,16-23H2,1H3,(H2,33,34,38)/t29-,30+,31+/m1/s1. The van der Waals surface area contributed by atoms with Crippen molar-refractivity contribution in [3.8, 4) is 0 Å². The van der Waals surface area contributed by atoms with Gasteiger partial charge >= 0.3 is 6.03 Å². The SMILES string of the molecule is CCNC(=O)Nc1ccc([C@H]2O[C@@H](CN3CCN(Cc4ccccc4)CC3)C[C@@H](c3ccc(CO)cc3)O2)cc1. The lowest BCUT2D eigenvalue weighted by molar-refractivity contribution is -0.253. The second kappa shape index (κ2) is 13.9. The van der Waals surface area contributed by atoms with Gasteiger partial charge in [0.1, 0.15) is 0 Å². The molecule has 212 valence electrons. The Morgan fingerprint density at radius 2 is 1.52 bits per heavy atom. The van der Waals surface area contributed by atoms with Crippen LogP contribution in [0.15, 0.2) is 78.9 Å². The summed E-state index contributed by atoms with van der Waals surface area (Å²) in [6.07, 6.45) is 0.133. The molecule has 3 aromatic carbocycles. The molecule has 3 atom stereocenters. The first kappa shape index (κ1) is 28.3. The molecule has 0 aromatic heterocycles. The lowest BCUT2D eigenvalue weighted by atomic mass is 9.99. The summed E-state index contributed by atoms with van der Waals surface area (Å²) in [5, 5.41) is 15.0. The zero-order chi connectivity index (χ0) is 27.7. The van der Waals surface area contributed by atoms with E-state index in [2.05, 4.69) is 50.8 Å². The lowest BCUT2D eigenvalue weighted by Gasteiger charge is -2.40. The van der Waals surface area contributed by atoms with E-state index in [4.69, 9.17) is 9.47 Å². The van der Waals surface area contributed by atoms with Gasteiger partial charge in [0.15, 0.2) is 6.29 Å². The van der Waals surface area contributed by atoms with E-state index in [9.17, 15) is 9.90 Å². The fraction of sp³-hybridized carbons (Fsp3) is 0.406. The van der Waals surface area contributed by atoms with E-state index >= 15 is 0 Å². The number of aliphatic hydroxyl groups is 1. The van der Waals surface area contributed by atoms with Crippen LogP contribution < -0.4 is 10.6 Å². The van der Waals surface area contributed by atoms with E-state index < -0.39 is 6.29 Å². The molecule has 8 heteroatoms. The van der Waals surface area contributed by atoms with Crippen molar-refractivity contribution in [2.24, 2.45) is 0 Å². The maximum absolute atomic E-state index is 11.9. The Labute approximate surface area is 236 Å². The van der Waals surface area contributed by atoms with E-state index in [0.717, 1.165) is 62.4 Å². The smallest absolute Gasteiger partial charge is 0.319 e. The average Bonchev–Trinajstić information content (AvgIpc) is 2.99. The molecule has 0 bridgehead atoms. The first-order valence-electron chi connectivity index (χ1n) is 14.2. The zero-order valence-electron chi connectivity index (χ0n) is 23.2. The van der Waals surface area contributed by atoms with Gasteiger partial charge in [-0.2, -0.15) is 0 Å². The number of nitrogens with one attached hydrogen (secondary N) is 2. The fourth-order valence-corrected chi connectivity index (χ4v) is 5.35. The normalized spacial score (nSPS) is 22.1. The summed E-state index contributed by atoms with van der Waals surface area (Å²) < 4.78 is 13.0. The summed E-state index contributed by atoms with van der Waals surface area (Å²) >= 11 is 0. The van der Waals surface area contributed by atoms with Gasteiger partial charge in [-0.25, -0.2) is 4.79 Å². The van der Waals surface area contributed by atoms with E-state index in [-0.39, 0.29) is 24.8 Å². The number of urea groups is 1. The molecule has 0 spiro atoms. The summed E-state index contributed by atoms with van der Waals surface area (Å²) in [5.41, 5.74) is 4.95. The first-order valence-corrected chi connectivity index (χ1v) is 14.2. The summed E-state index contributed by atoms with van der Waals surface area (Å²) in [6, 6.07) is 26.0. The van der Waals surface area contributed by atoms with Crippen LogP contribution in [0.3, 0.4) is 0 Å². The van der Waals surface area contributed by atoms with E-state index in [1.54, 1.807) is 0 Å². The molecule has 0 radical (unpaired) electrons. The second-order valence-corrected chi connectivity index (χ2v) is 10.5. The number of aliphatic hydroxyl groups excluding tert-OH is 1. The number of piperazine rings is 1. The van der Waals surface area contributed by atoms with Crippen LogP contribution in [-0.2, 0) is 22.6 Å². The number of carbonyl (C=O) groups excluding carboxylic acids is 1. The molecular weight excluding hydrogens is 504 g/mol. The number of benzene rings is 3. The molecule has 2 saturated heterocycles. The largest absolute Gasteiger partial charge is 0.392 e. The summed E-state index contributed by atoms with van der Waals surface area (Å²) in [5.74, 6) is 0. The molecular formula is C32H40N4O4. The van der Waals surface area contributed by atoms with Crippen molar-refractivity contribution in [3.63, 3.8) is 0 Å². The number of rotatable bonds is 9. The van der Waals surface area contributed by atoms with Crippen LogP contribution in [0, 0.1) is 0 Å². The van der Waals surface area contributed by atoms with Gasteiger partial charge in [0.25, 0.3) is 0 Å². The van der Waals surface area contributed by atoms with Crippen LogP contribution in [0.5, 0.6) is 0 Å². The van der Waals surface area contributed by atoms with Crippen molar-refractivity contribution < 1.29 is 19.4 Å². The molecule has 2 amide bonds. The molecule has 0 saturated carbocycles. The number of nitrogens with zero attached hydrogens (tertiary/aromatic N) is 2. The van der Waals surface area contributed by atoms with Gasteiger partial charge in [0.05, 0.1) is 18.8 Å². The number of carbonyl (C=O) groups is 1. The average molecular weight is 545 g/mol. The highest BCUT2D eigenvalue weighted by Gasteiger charge is 2.33. The van der Waals surface area contributed by atoms with Crippen molar-refractivity contribution in [2.75, 3.05) is 44.6 Å². The van der Waals surface area contributed by atoms with E-state index in [0.29, 0.717) is 12.2 Å². The van der Waals surface area contributed by atoms with Crippen molar-refractivity contribution in [1.82, 2.24) is 15.1 Å². The van der Waals surface area contributed by atoms with Crippen LogP contribution in [0.25, 0.3) is 0 Å². The highest BCUT2D eigenvalue weighted by molar-refractivity contribution is 5.89. The van der Waals surface area contributed by atoms with Crippen LogP contribution in [-0.4, -0.2) is 66.3 Å². The molecule has 0 unspecified atom stereocenters. The highest BCUT2D eigenvalue weighted by atomic mass is 16.7. The van der Waals surface area contributed by atoms with Gasteiger partial charge in [-0.3, -0.25) is 9.80 Å². The Kier molecular flexibility index (Phi) is 9.81. The summed E-state index contributed by atoms with van der Waals surface area (Å²) in [7, 11) is 0. The fourth-order valence-electron chi connectivity index (χ4n) is 5.35. The van der Waals surface area contributed by atoms with E-state index in [1.165, 1.54) is 5.56 Å². The Bertz CT molecular complexity index is 1200. The van der Waals surface area contributed by atoms with Crippen LogP contribution in [0.2, 0.25) is 0 Å². The van der Waals surface area contributed by atoms with Gasteiger partial charge in [0.2, 0.25) is 0 Å². The molecule has 3 N–H and O–H groups in total. The molecule has 5 rings (SSSR count). The Balaban J connectivity index is 1.24. The van der Waals surface area contributed by atoms with Gasteiger partial charge in [0, 0.05) is 63.5 Å². The Morgan fingerprint density at radius 1 is 0.850 bits per heavy atom. The molecule has 8 nitrogen and oxygen atoms in total. The minimum Gasteiger partial charge on any atom is -0.392 e. The number of hydrogen-bond acceptors (Lipinski definition) is 6. The Morgan fingerprint density at radius 3 is 2.20 bits per heavy atom. The van der Waals surface area contributed by atoms with Gasteiger partial charge in [-0.1, -0.05) is 66.7 Å². The summed E-state index contributed by atoms with van der Waals surface area (Å²) in [4.78, 5) is 16.9. The molecule has 2 aliphatic rings. The maximum Gasteiger partial charge on any atom is 0.319 e. The second-order valence-electron chi connectivity index (χ2n) is 10.5. The van der Waals surface area contributed by atoms with Gasteiger partial charge in [-0.15, -0.1) is 0 Å². The van der Waals surface area contributed by atoms with Crippen molar-refractivity contribution in [2.45, 2.75) is 45.0 Å². The molecule has 2 fully saturated rings. The summed E-state index contributed by atoms with van der Waals surface area (Å²) in [6.45, 7) is 8.40. The number of hydrogen-bond donors (Lipinski definition) is 3. The number of ether oxygens (including phenoxy) is 2. The van der Waals surface area contributed by atoms with E-state index in [1.807, 2.05) is 55.5 Å². The van der Waals surface area contributed by atoms with Crippen LogP contribution in [0.4, 0.5) is 10.5 Å².